The van der Waals surface area contributed by atoms with Crippen molar-refractivity contribution in [1.29, 1.82) is 0 Å². The van der Waals surface area contributed by atoms with Crippen molar-refractivity contribution in [3.05, 3.63) is 29.3 Å². The molecule has 1 heterocycles. The molecular formula is C17H26N2O2. The standard InChI is InChI=1S/C17H26N2O2/c1-12-3-6-17(14(7-12)8-18-15-4-5-15)19-9-16(10-20)21-11-13(19)2/h3,6-7,13,15-16,18,20H,4-5,8-11H2,1-2H3. The summed E-state index contributed by atoms with van der Waals surface area (Å²) in [6.07, 6.45) is 2.54. The molecule has 1 aliphatic heterocycles. The average molecular weight is 290 g/mol. The van der Waals surface area contributed by atoms with Gasteiger partial charge in [0.25, 0.3) is 0 Å². The molecule has 1 saturated carbocycles. The number of hydrogen-bond acceptors (Lipinski definition) is 4. The Hall–Kier alpha value is -1.10. The summed E-state index contributed by atoms with van der Waals surface area (Å²) in [6.45, 7) is 6.78. The van der Waals surface area contributed by atoms with Gasteiger partial charge in [0.1, 0.15) is 0 Å². The van der Waals surface area contributed by atoms with Crippen LogP contribution >= 0.6 is 0 Å². The third-order valence-corrected chi connectivity index (χ3v) is 4.41. The zero-order chi connectivity index (χ0) is 14.8. The monoisotopic (exact) mass is 290 g/mol. The van der Waals surface area contributed by atoms with E-state index in [1.807, 2.05) is 0 Å². The summed E-state index contributed by atoms with van der Waals surface area (Å²) in [5.41, 5.74) is 3.93. The highest BCUT2D eigenvalue weighted by molar-refractivity contribution is 5.56. The first-order valence-electron chi connectivity index (χ1n) is 7.99. The van der Waals surface area contributed by atoms with Crippen molar-refractivity contribution < 1.29 is 9.84 Å². The topological polar surface area (TPSA) is 44.7 Å². The Labute approximate surface area is 127 Å². The molecule has 4 nitrogen and oxygen atoms in total. The minimum atomic E-state index is -0.0771. The van der Waals surface area contributed by atoms with Gasteiger partial charge in [-0.1, -0.05) is 17.7 Å². The Kier molecular flexibility index (Phi) is 4.48. The Morgan fingerprint density at radius 2 is 2.19 bits per heavy atom. The molecule has 1 saturated heterocycles. The number of rotatable bonds is 5. The molecule has 0 radical (unpaired) electrons. The van der Waals surface area contributed by atoms with Crippen LogP contribution in [0.15, 0.2) is 18.2 Å². The van der Waals surface area contributed by atoms with E-state index in [0.717, 1.165) is 13.1 Å². The van der Waals surface area contributed by atoms with Crippen LogP contribution in [0.1, 0.15) is 30.9 Å². The lowest BCUT2D eigenvalue weighted by Crippen LogP contribution is -2.50. The van der Waals surface area contributed by atoms with Gasteiger partial charge in [0.2, 0.25) is 0 Å². The Morgan fingerprint density at radius 3 is 2.90 bits per heavy atom. The van der Waals surface area contributed by atoms with Crippen molar-refractivity contribution in [2.45, 2.75) is 51.4 Å². The number of aryl methyl sites for hydroxylation is 1. The van der Waals surface area contributed by atoms with Gasteiger partial charge in [0.15, 0.2) is 0 Å². The van der Waals surface area contributed by atoms with Crippen LogP contribution in [0.25, 0.3) is 0 Å². The predicted octanol–water partition coefficient (Wildman–Crippen LogP) is 1.83. The fourth-order valence-corrected chi connectivity index (χ4v) is 2.94. The van der Waals surface area contributed by atoms with Crippen LogP contribution in [-0.2, 0) is 11.3 Å². The van der Waals surface area contributed by atoms with Crippen LogP contribution < -0.4 is 10.2 Å². The molecule has 2 fully saturated rings. The number of anilines is 1. The molecular weight excluding hydrogens is 264 g/mol. The largest absolute Gasteiger partial charge is 0.394 e. The number of hydrogen-bond donors (Lipinski definition) is 2. The number of aliphatic hydroxyl groups is 1. The summed E-state index contributed by atoms with van der Waals surface area (Å²) < 4.78 is 5.66. The van der Waals surface area contributed by atoms with E-state index in [9.17, 15) is 5.11 Å². The maximum Gasteiger partial charge on any atom is 0.0981 e. The summed E-state index contributed by atoms with van der Waals surface area (Å²) in [7, 11) is 0. The fourth-order valence-electron chi connectivity index (χ4n) is 2.94. The molecule has 21 heavy (non-hydrogen) atoms. The van der Waals surface area contributed by atoms with Crippen molar-refractivity contribution in [3.63, 3.8) is 0 Å². The lowest BCUT2D eigenvalue weighted by Gasteiger charge is -2.40. The van der Waals surface area contributed by atoms with Gasteiger partial charge in [-0.15, -0.1) is 0 Å². The van der Waals surface area contributed by atoms with Crippen molar-refractivity contribution in [1.82, 2.24) is 5.32 Å². The molecule has 2 unspecified atom stereocenters. The number of ether oxygens (including phenoxy) is 1. The van der Waals surface area contributed by atoms with E-state index in [1.54, 1.807) is 0 Å². The van der Waals surface area contributed by atoms with Gasteiger partial charge in [0, 0.05) is 30.9 Å². The molecule has 2 aliphatic rings. The molecule has 0 bridgehead atoms. The summed E-state index contributed by atoms with van der Waals surface area (Å²) in [5, 5.41) is 13.0. The van der Waals surface area contributed by atoms with E-state index in [4.69, 9.17) is 4.74 Å². The normalized spacial score (nSPS) is 26.1. The molecule has 0 aromatic heterocycles. The first-order valence-corrected chi connectivity index (χ1v) is 7.99. The van der Waals surface area contributed by atoms with Gasteiger partial charge < -0.3 is 20.1 Å². The van der Waals surface area contributed by atoms with Crippen LogP contribution in [0.5, 0.6) is 0 Å². The van der Waals surface area contributed by atoms with E-state index in [0.29, 0.717) is 18.7 Å². The lowest BCUT2D eigenvalue weighted by molar-refractivity contribution is -0.0103. The molecule has 1 aliphatic carbocycles. The van der Waals surface area contributed by atoms with Crippen LogP contribution in [-0.4, -0.2) is 43.1 Å². The average Bonchev–Trinajstić information content (AvgIpc) is 3.30. The van der Waals surface area contributed by atoms with E-state index in [-0.39, 0.29) is 12.7 Å². The van der Waals surface area contributed by atoms with Gasteiger partial charge >= 0.3 is 0 Å². The SMILES string of the molecule is Cc1ccc(N2CC(CO)OCC2C)c(CNC2CC2)c1. The van der Waals surface area contributed by atoms with Crippen molar-refractivity contribution >= 4 is 5.69 Å². The molecule has 2 N–H and O–H groups in total. The van der Waals surface area contributed by atoms with Crippen molar-refractivity contribution in [2.24, 2.45) is 0 Å². The van der Waals surface area contributed by atoms with Crippen LogP contribution in [0, 0.1) is 6.92 Å². The maximum atomic E-state index is 9.38. The highest BCUT2D eigenvalue weighted by atomic mass is 16.5. The maximum absolute atomic E-state index is 9.38. The summed E-state index contributed by atoms with van der Waals surface area (Å²) >= 11 is 0. The highest BCUT2D eigenvalue weighted by Crippen LogP contribution is 2.28. The molecule has 0 spiro atoms. The number of nitrogens with one attached hydrogen (secondary N) is 1. The summed E-state index contributed by atoms with van der Waals surface area (Å²) in [4.78, 5) is 2.38. The quantitative estimate of drug-likeness (QED) is 0.868. The molecule has 1 aromatic rings. The second kappa shape index (κ2) is 6.34. The van der Waals surface area contributed by atoms with Crippen LogP contribution in [0.3, 0.4) is 0 Å². The van der Waals surface area contributed by atoms with Gasteiger partial charge in [-0.25, -0.2) is 0 Å². The minimum absolute atomic E-state index is 0.0771. The van der Waals surface area contributed by atoms with Crippen molar-refractivity contribution in [2.75, 3.05) is 24.7 Å². The smallest absolute Gasteiger partial charge is 0.0981 e. The van der Waals surface area contributed by atoms with Gasteiger partial charge in [-0.05, 0) is 38.3 Å². The number of benzene rings is 1. The lowest BCUT2D eigenvalue weighted by atomic mass is 10.1. The third kappa shape index (κ3) is 3.57. The molecule has 2 atom stereocenters. The minimum Gasteiger partial charge on any atom is -0.394 e. The van der Waals surface area contributed by atoms with Gasteiger partial charge in [0.05, 0.1) is 19.3 Å². The molecule has 4 heteroatoms. The number of morpholine rings is 1. The first-order chi connectivity index (χ1) is 10.2. The fraction of sp³-hybridized carbons (Fsp3) is 0.647. The van der Waals surface area contributed by atoms with Gasteiger partial charge in [-0.3, -0.25) is 0 Å². The van der Waals surface area contributed by atoms with Crippen LogP contribution in [0.2, 0.25) is 0 Å². The van der Waals surface area contributed by atoms with Crippen LogP contribution in [0.4, 0.5) is 5.69 Å². The molecule has 3 rings (SSSR count). The number of aliphatic hydroxyl groups excluding tert-OH is 1. The summed E-state index contributed by atoms with van der Waals surface area (Å²) in [6, 6.07) is 7.73. The van der Waals surface area contributed by atoms with E-state index >= 15 is 0 Å². The summed E-state index contributed by atoms with van der Waals surface area (Å²) in [5.74, 6) is 0. The Balaban J connectivity index is 1.80. The molecule has 116 valence electrons. The Morgan fingerprint density at radius 1 is 1.38 bits per heavy atom. The first kappa shape index (κ1) is 14.8. The zero-order valence-corrected chi connectivity index (χ0v) is 13.0. The highest BCUT2D eigenvalue weighted by Gasteiger charge is 2.28. The molecule has 0 amide bonds. The van der Waals surface area contributed by atoms with E-state index in [2.05, 4.69) is 42.3 Å². The van der Waals surface area contributed by atoms with E-state index in [1.165, 1.54) is 29.7 Å². The second-order valence-electron chi connectivity index (χ2n) is 6.43. The molecule has 1 aromatic carbocycles. The van der Waals surface area contributed by atoms with Crippen molar-refractivity contribution in [3.8, 4) is 0 Å². The zero-order valence-electron chi connectivity index (χ0n) is 13.0. The van der Waals surface area contributed by atoms with Gasteiger partial charge in [-0.2, -0.15) is 0 Å². The third-order valence-electron chi connectivity index (χ3n) is 4.41. The Bertz CT molecular complexity index is 488. The van der Waals surface area contributed by atoms with E-state index < -0.39 is 0 Å². The predicted molar refractivity (Wildman–Crippen MR) is 84.7 cm³/mol. The number of nitrogens with zero attached hydrogens (tertiary/aromatic N) is 1. The second-order valence-corrected chi connectivity index (χ2v) is 6.43.